The van der Waals surface area contributed by atoms with Gasteiger partial charge in [-0.1, -0.05) is 0 Å². The molecular weight excluding hydrogens is 166 g/mol. The molecule has 0 aliphatic carbocycles. The zero-order chi connectivity index (χ0) is 9.84. The quantitative estimate of drug-likeness (QED) is 0.525. The number of nitrogens with zero attached hydrogens (tertiary/aromatic N) is 3. The van der Waals surface area contributed by atoms with E-state index in [1.165, 1.54) is 5.01 Å². The van der Waals surface area contributed by atoms with E-state index in [2.05, 4.69) is 5.29 Å². The molecule has 1 rings (SSSR count). The maximum atomic E-state index is 10.2. The second kappa shape index (κ2) is 3.89. The Morgan fingerprint density at radius 3 is 1.85 bits per heavy atom. The minimum Gasteiger partial charge on any atom is -0.378 e. The third kappa shape index (κ3) is 2.18. The van der Waals surface area contributed by atoms with Crippen molar-refractivity contribution in [3.63, 3.8) is 0 Å². The maximum absolute atomic E-state index is 10.2. The molecule has 0 saturated heterocycles. The molecule has 0 radical (unpaired) electrons. The van der Waals surface area contributed by atoms with E-state index in [9.17, 15) is 4.91 Å². The Balaban J connectivity index is 2.87. The highest BCUT2D eigenvalue weighted by Gasteiger charge is 1.99. The summed E-state index contributed by atoms with van der Waals surface area (Å²) < 4.78 is 0. The predicted octanol–water partition coefficient (Wildman–Crippen LogP) is 1.87. The summed E-state index contributed by atoms with van der Waals surface area (Å²) >= 11 is 0. The summed E-state index contributed by atoms with van der Waals surface area (Å²) in [5.41, 5.74) is 1.89. The molecule has 0 aromatic heterocycles. The molecule has 13 heavy (non-hydrogen) atoms. The van der Waals surface area contributed by atoms with Crippen LogP contribution in [0.5, 0.6) is 0 Å². The van der Waals surface area contributed by atoms with Crippen molar-refractivity contribution in [2.75, 3.05) is 31.1 Å². The van der Waals surface area contributed by atoms with Crippen molar-refractivity contribution >= 4 is 11.4 Å². The van der Waals surface area contributed by atoms with E-state index in [0.717, 1.165) is 11.4 Å². The van der Waals surface area contributed by atoms with E-state index in [1.807, 2.05) is 43.3 Å². The molecule has 1 aromatic carbocycles. The fraction of sp³-hybridized carbons (Fsp3) is 0.333. The SMILES string of the molecule is CN(C)c1ccc(N(C)N=O)cc1. The largest absolute Gasteiger partial charge is 0.378 e. The smallest absolute Gasteiger partial charge is 0.0624 e. The van der Waals surface area contributed by atoms with Crippen molar-refractivity contribution in [1.82, 2.24) is 0 Å². The summed E-state index contributed by atoms with van der Waals surface area (Å²) in [6.45, 7) is 0. The standard InChI is InChI=1S/C9H13N3O/c1-11(2)8-4-6-9(7-5-8)12(3)10-13/h4-7H,1-3H3. The van der Waals surface area contributed by atoms with Gasteiger partial charge >= 0.3 is 0 Å². The van der Waals surface area contributed by atoms with Gasteiger partial charge in [-0.05, 0) is 24.3 Å². The van der Waals surface area contributed by atoms with Crippen LogP contribution < -0.4 is 9.91 Å². The van der Waals surface area contributed by atoms with E-state index < -0.39 is 0 Å². The van der Waals surface area contributed by atoms with Crippen LogP contribution >= 0.6 is 0 Å². The van der Waals surface area contributed by atoms with Gasteiger partial charge in [0.05, 0.1) is 11.0 Å². The normalized spacial score (nSPS) is 9.46. The summed E-state index contributed by atoms with van der Waals surface area (Å²) in [5.74, 6) is 0. The van der Waals surface area contributed by atoms with Crippen LogP contribution in [-0.2, 0) is 0 Å². The molecule has 4 nitrogen and oxygen atoms in total. The summed E-state index contributed by atoms with van der Waals surface area (Å²) in [6.07, 6.45) is 0. The molecule has 0 N–H and O–H groups in total. The number of nitroso groups, excluding NO2 is 1. The number of benzene rings is 1. The van der Waals surface area contributed by atoms with Crippen molar-refractivity contribution in [1.29, 1.82) is 0 Å². The van der Waals surface area contributed by atoms with Gasteiger partial charge < -0.3 is 4.90 Å². The van der Waals surface area contributed by atoms with E-state index in [1.54, 1.807) is 7.05 Å². The zero-order valence-electron chi connectivity index (χ0n) is 8.06. The molecule has 4 heteroatoms. The van der Waals surface area contributed by atoms with Gasteiger partial charge in [-0.2, -0.15) is 0 Å². The van der Waals surface area contributed by atoms with E-state index in [-0.39, 0.29) is 0 Å². The van der Waals surface area contributed by atoms with Crippen LogP contribution in [0.25, 0.3) is 0 Å². The van der Waals surface area contributed by atoms with Crippen LogP contribution in [0.1, 0.15) is 0 Å². The van der Waals surface area contributed by atoms with Crippen LogP contribution in [0, 0.1) is 4.91 Å². The summed E-state index contributed by atoms with van der Waals surface area (Å²) in [5, 5.41) is 4.09. The Kier molecular flexibility index (Phi) is 2.84. The lowest BCUT2D eigenvalue weighted by Crippen LogP contribution is -2.10. The summed E-state index contributed by atoms with van der Waals surface area (Å²) in [6, 6.07) is 7.60. The highest BCUT2D eigenvalue weighted by Crippen LogP contribution is 2.18. The van der Waals surface area contributed by atoms with Gasteiger partial charge in [0.1, 0.15) is 0 Å². The molecule has 0 aliphatic rings. The Morgan fingerprint density at radius 2 is 1.46 bits per heavy atom. The third-order valence-electron chi connectivity index (χ3n) is 1.86. The first-order valence-corrected chi connectivity index (χ1v) is 3.99. The molecule has 0 amide bonds. The average Bonchev–Trinajstić information content (AvgIpc) is 2.17. The van der Waals surface area contributed by atoms with Gasteiger partial charge in [-0.15, -0.1) is 4.91 Å². The van der Waals surface area contributed by atoms with Crippen molar-refractivity contribution < 1.29 is 0 Å². The molecule has 0 heterocycles. The van der Waals surface area contributed by atoms with Crippen molar-refractivity contribution in [3.05, 3.63) is 29.2 Å². The van der Waals surface area contributed by atoms with Crippen LogP contribution in [0.3, 0.4) is 0 Å². The molecule has 0 fully saturated rings. The highest BCUT2D eigenvalue weighted by molar-refractivity contribution is 5.54. The molecule has 1 aromatic rings. The lowest BCUT2D eigenvalue weighted by Gasteiger charge is -2.14. The minimum absolute atomic E-state index is 0.792. The van der Waals surface area contributed by atoms with Crippen LogP contribution in [0.15, 0.2) is 29.6 Å². The first-order chi connectivity index (χ1) is 6.15. The van der Waals surface area contributed by atoms with Gasteiger partial charge in [0, 0.05) is 26.8 Å². The second-order valence-corrected chi connectivity index (χ2v) is 3.02. The number of anilines is 2. The summed E-state index contributed by atoms with van der Waals surface area (Å²) in [7, 11) is 5.56. The Morgan fingerprint density at radius 1 is 1.00 bits per heavy atom. The molecule has 0 saturated carbocycles. The third-order valence-corrected chi connectivity index (χ3v) is 1.86. The molecule has 70 valence electrons. The first-order valence-electron chi connectivity index (χ1n) is 3.99. The lowest BCUT2D eigenvalue weighted by molar-refractivity contribution is 1.00. The predicted molar refractivity (Wildman–Crippen MR) is 55.0 cm³/mol. The fourth-order valence-corrected chi connectivity index (χ4v) is 1.01. The van der Waals surface area contributed by atoms with Gasteiger partial charge in [0.2, 0.25) is 0 Å². The van der Waals surface area contributed by atoms with Crippen LogP contribution in [0.4, 0.5) is 11.4 Å². The van der Waals surface area contributed by atoms with E-state index >= 15 is 0 Å². The molecule has 0 spiro atoms. The number of hydrogen-bond acceptors (Lipinski definition) is 3. The monoisotopic (exact) mass is 179 g/mol. The van der Waals surface area contributed by atoms with Gasteiger partial charge in [-0.3, -0.25) is 0 Å². The molecule has 0 atom stereocenters. The minimum atomic E-state index is 0.792. The lowest BCUT2D eigenvalue weighted by atomic mass is 10.2. The Labute approximate surface area is 77.7 Å². The Bertz CT molecular complexity index is 281. The topological polar surface area (TPSA) is 35.9 Å². The highest BCUT2D eigenvalue weighted by atomic mass is 16.3. The number of hydrogen-bond donors (Lipinski definition) is 0. The van der Waals surface area contributed by atoms with Crippen molar-refractivity contribution in [2.24, 2.45) is 5.29 Å². The van der Waals surface area contributed by atoms with E-state index in [0.29, 0.717) is 0 Å². The van der Waals surface area contributed by atoms with E-state index in [4.69, 9.17) is 0 Å². The molecule has 0 aliphatic heterocycles. The summed E-state index contributed by atoms with van der Waals surface area (Å²) in [4.78, 5) is 12.2. The number of rotatable bonds is 3. The zero-order valence-corrected chi connectivity index (χ0v) is 8.06. The average molecular weight is 179 g/mol. The second-order valence-electron chi connectivity index (χ2n) is 3.02. The van der Waals surface area contributed by atoms with Gasteiger partial charge in [-0.25, -0.2) is 5.01 Å². The fourth-order valence-electron chi connectivity index (χ4n) is 1.01. The molecule has 0 bridgehead atoms. The first kappa shape index (κ1) is 9.51. The van der Waals surface area contributed by atoms with Crippen LogP contribution in [-0.4, -0.2) is 21.1 Å². The van der Waals surface area contributed by atoms with Gasteiger partial charge in [0.15, 0.2) is 0 Å². The van der Waals surface area contributed by atoms with Gasteiger partial charge in [0.25, 0.3) is 0 Å². The maximum Gasteiger partial charge on any atom is 0.0624 e. The Hall–Kier alpha value is -1.58. The molecular formula is C9H13N3O. The van der Waals surface area contributed by atoms with Crippen molar-refractivity contribution in [2.45, 2.75) is 0 Å². The van der Waals surface area contributed by atoms with Crippen LogP contribution in [0.2, 0.25) is 0 Å². The van der Waals surface area contributed by atoms with Crippen molar-refractivity contribution in [3.8, 4) is 0 Å². The molecule has 0 unspecified atom stereocenters.